The van der Waals surface area contributed by atoms with Crippen LogP contribution in [-0.2, 0) is 0 Å². The molecule has 1 aliphatic heterocycles. The van der Waals surface area contributed by atoms with Crippen LogP contribution in [0.5, 0.6) is 0 Å². The van der Waals surface area contributed by atoms with Gasteiger partial charge in [0.25, 0.3) is 5.91 Å². The van der Waals surface area contributed by atoms with Crippen LogP contribution in [0.15, 0.2) is 11.4 Å². The second-order valence-electron chi connectivity index (χ2n) is 4.52. The number of piperidine rings is 1. The molecule has 18 heavy (non-hydrogen) atoms. The number of amides is 1. The van der Waals surface area contributed by atoms with Crippen molar-refractivity contribution in [3.63, 3.8) is 0 Å². The molecule has 0 bridgehead atoms. The van der Waals surface area contributed by atoms with E-state index in [0.29, 0.717) is 18.7 Å². The van der Waals surface area contributed by atoms with E-state index in [0.717, 1.165) is 18.5 Å². The summed E-state index contributed by atoms with van der Waals surface area (Å²) in [6.45, 7) is 2.99. The van der Waals surface area contributed by atoms with Gasteiger partial charge >= 0.3 is 0 Å². The molecule has 1 saturated heterocycles. The van der Waals surface area contributed by atoms with Crippen molar-refractivity contribution in [3.8, 4) is 0 Å². The highest BCUT2D eigenvalue weighted by Gasteiger charge is 2.27. The van der Waals surface area contributed by atoms with Crippen LogP contribution >= 0.6 is 0 Å². The van der Waals surface area contributed by atoms with E-state index in [1.165, 1.54) is 6.20 Å². The Morgan fingerprint density at radius 1 is 1.72 bits per heavy atom. The molecule has 2 heterocycles. The Morgan fingerprint density at radius 3 is 3.11 bits per heavy atom. The summed E-state index contributed by atoms with van der Waals surface area (Å²) in [5.41, 5.74) is 6.94. The average molecular weight is 251 g/mol. The van der Waals surface area contributed by atoms with Gasteiger partial charge in [0, 0.05) is 24.7 Å². The van der Waals surface area contributed by atoms with E-state index in [-0.39, 0.29) is 17.7 Å². The van der Waals surface area contributed by atoms with Crippen molar-refractivity contribution < 1.29 is 10.0 Å². The van der Waals surface area contributed by atoms with Gasteiger partial charge in [-0.2, -0.15) is 5.10 Å². The molecular formula is C11H17N5O2. The molecule has 1 unspecified atom stereocenters. The third kappa shape index (κ3) is 2.29. The highest BCUT2D eigenvalue weighted by molar-refractivity contribution is 5.95. The van der Waals surface area contributed by atoms with E-state index in [2.05, 4.69) is 15.4 Å². The number of oxime groups is 1. The Bertz CT molecular complexity index is 468. The molecular weight excluding hydrogens is 234 g/mol. The molecule has 0 radical (unpaired) electrons. The van der Waals surface area contributed by atoms with Crippen molar-refractivity contribution >= 4 is 11.7 Å². The maximum Gasteiger partial charge on any atom is 0.257 e. The topological polar surface area (TPSA) is 108 Å². The summed E-state index contributed by atoms with van der Waals surface area (Å²) in [6, 6.07) is 0. The van der Waals surface area contributed by atoms with E-state index >= 15 is 0 Å². The van der Waals surface area contributed by atoms with Gasteiger partial charge in [-0.1, -0.05) is 5.16 Å². The zero-order valence-corrected chi connectivity index (χ0v) is 10.3. The van der Waals surface area contributed by atoms with Crippen LogP contribution in [-0.4, -0.2) is 45.1 Å². The molecule has 1 amide bonds. The Labute approximate surface area is 105 Å². The summed E-state index contributed by atoms with van der Waals surface area (Å²) in [6.07, 6.45) is 3.22. The number of nitrogens with one attached hydrogen (secondary N) is 1. The molecule has 98 valence electrons. The number of carbonyl (C=O) groups excluding carboxylic acids is 1. The van der Waals surface area contributed by atoms with Gasteiger partial charge in [-0.3, -0.25) is 9.89 Å². The van der Waals surface area contributed by atoms with Gasteiger partial charge in [-0.25, -0.2) is 0 Å². The minimum atomic E-state index is -0.0695. The molecule has 1 aromatic rings. The fourth-order valence-electron chi connectivity index (χ4n) is 2.22. The van der Waals surface area contributed by atoms with Crippen LogP contribution in [0.3, 0.4) is 0 Å². The molecule has 4 N–H and O–H groups in total. The van der Waals surface area contributed by atoms with Gasteiger partial charge in [0.05, 0.1) is 11.8 Å². The normalized spacial score (nSPS) is 21.1. The van der Waals surface area contributed by atoms with Gasteiger partial charge in [0.2, 0.25) is 0 Å². The van der Waals surface area contributed by atoms with E-state index in [4.69, 9.17) is 10.9 Å². The van der Waals surface area contributed by atoms with Gasteiger partial charge in [0.15, 0.2) is 0 Å². The number of amidine groups is 1. The highest BCUT2D eigenvalue weighted by atomic mass is 16.4. The second-order valence-corrected chi connectivity index (χ2v) is 4.52. The average Bonchev–Trinajstić information content (AvgIpc) is 2.83. The fraction of sp³-hybridized carbons (Fsp3) is 0.545. The molecule has 0 saturated carbocycles. The van der Waals surface area contributed by atoms with Crippen LogP contribution in [0.1, 0.15) is 28.9 Å². The van der Waals surface area contributed by atoms with Crippen LogP contribution in [0.4, 0.5) is 0 Å². The quantitative estimate of drug-likeness (QED) is 0.304. The van der Waals surface area contributed by atoms with Crippen molar-refractivity contribution in [2.75, 3.05) is 13.1 Å². The number of likely N-dealkylation sites (tertiary alicyclic amines) is 1. The number of aromatic amines is 1. The van der Waals surface area contributed by atoms with Crippen LogP contribution in [0.2, 0.25) is 0 Å². The van der Waals surface area contributed by atoms with E-state index < -0.39 is 0 Å². The number of nitrogens with two attached hydrogens (primary N) is 1. The SMILES string of the molecule is Cc1[nH]ncc1C(=O)N1CCCC(C(N)=NO)C1. The summed E-state index contributed by atoms with van der Waals surface area (Å²) in [7, 11) is 0. The summed E-state index contributed by atoms with van der Waals surface area (Å²) < 4.78 is 0. The van der Waals surface area contributed by atoms with Crippen LogP contribution < -0.4 is 5.73 Å². The summed E-state index contributed by atoms with van der Waals surface area (Å²) in [5.74, 6) is 0.0630. The molecule has 1 aliphatic rings. The third-order valence-corrected chi connectivity index (χ3v) is 3.30. The minimum Gasteiger partial charge on any atom is -0.409 e. The lowest BCUT2D eigenvalue weighted by Gasteiger charge is -2.31. The molecule has 1 atom stereocenters. The maximum atomic E-state index is 12.3. The maximum absolute atomic E-state index is 12.3. The van der Waals surface area contributed by atoms with Crippen LogP contribution in [0.25, 0.3) is 0 Å². The number of rotatable bonds is 2. The van der Waals surface area contributed by atoms with Crippen molar-refractivity contribution in [1.29, 1.82) is 0 Å². The number of nitrogens with zero attached hydrogens (tertiary/aromatic N) is 3. The van der Waals surface area contributed by atoms with Gasteiger partial charge < -0.3 is 15.8 Å². The zero-order valence-electron chi connectivity index (χ0n) is 10.3. The predicted octanol–water partition coefficient (Wildman–Crippen LogP) is 0.317. The predicted molar refractivity (Wildman–Crippen MR) is 65.4 cm³/mol. The van der Waals surface area contributed by atoms with E-state index in [9.17, 15) is 4.79 Å². The third-order valence-electron chi connectivity index (χ3n) is 3.30. The lowest BCUT2D eigenvalue weighted by Crippen LogP contribution is -2.44. The first kappa shape index (κ1) is 12.4. The van der Waals surface area contributed by atoms with Crippen LogP contribution in [0, 0.1) is 12.8 Å². The first-order valence-electron chi connectivity index (χ1n) is 5.90. The van der Waals surface area contributed by atoms with E-state index in [1.54, 1.807) is 4.90 Å². The Balaban J connectivity index is 2.10. The largest absolute Gasteiger partial charge is 0.409 e. The Hall–Kier alpha value is -2.05. The molecule has 7 nitrogen and oxygen atoms in total. The monoisotopic (exact) mass is 251 g/mol. The molecule has 0 aliphatic carbocycles. The van der Waals surface area contributed by atoms with Gasteiger partial charge in [-0.15, -0.1) is 0 Å². The zero-order chi connectivity index (χ0) is 13.1. The standard InChI is InChI=1S/C11H17N5O2/c1-7-9(5-13-14-7)11(17)16-4-2-3-8(6-16)10(12)15-18/h5,8,18H,2-4,6H2,1H3,(H2,12,15)(H,13,14). The molecule has 1 fully saturated rings. The molecule has 0 spiro atoms. The Kier molecular flexibility index (Phi) is 3.50. The number of H-pyrrole nitrogens is 1. The van der Waals surface area contributed by atoms with Gasteiger partial charge in [0.1, 0.15) is 5.84 Å². The number of hydrogen-bond acceptors (Lipinski definition) is 4. The number of hydrogen-bond donors (Lipinski definition) is 3. The van der Waals surface area contributed by atoms with Crippen molar-refractivity contribution in [1.82, 2.24) is 15.1 Å². The number of carbonyl (C=O) groups is 1. The number of aromatic nitrogens is 2. The summed E-state index contributed by atoms with van der Waals surface area (Å²) in [4.78, 5) is 14.0. The van der Waals surface area contributed by atoms with E-state index in [1.807, 2.05) is 6.92 Å². The molecule has 2 rings (SSSR count). The van der Waals surface area contributed by atoms with Crippen molar-refractivity contribution in [2.45, 2.75) is 19.8 Å². The minimum absolute atomic E-state index is 0.0586. The smallest absolute Gasteiger partial charge is 0.257 e. The number of aryl methyl sites for hydroxylation is 1. The Morgan fingerprint density at radius 2 is 2.50 bits per heavy atom. The second kappa shape index (κ2) is 5.07. The van der Waals surface area contributed by atoms with Gasteiger partial charge in [-0.05, 0) is 19.8 Å². The summed E-state index contributed by atoms with van der Waals surface area (Å²) >= 11 is 0. The first-order chi connectivity index (χ1) is 8.63. The molecule has 1 aromatic heterocycles. The van der Waals surface area contributed by atoms with Crippen molar-refractivity contribution in [2.24, 2.45) is 16.8 Å². The lowest BCUT2D eigenvalue weighted by atomic mass is 9.96. The summed E-state index contributed by atoms with van der Waals surface area (Å²) in [5, 5.41) is 18.3. The first-order valence-corrected chi connectivity index (χ1v) is 5.90. The highest BCUT2D eigenvalue weighted by Crippen LogP contribution is 2.19. The van der Waals surface area contributed by atoms with Crippen molar-refractivity contribution in [3.05, 3.63) is 17.5 Å². The molecule has 7 heteroatoms. The molecule has 0 aromatic carbocycles. The fourth-order valence-corrected chi connectivity index (χ4v) is 2.22. The lowest BCUT2D eigenvalue weighted by molar-refractivity contribution is 0.0700.